The number of nitrogens with zero attached hydrogens (tertiary/aromatic N) is 2. The van der Waals surface area contributed by atoms with E-state index in [1.54, 1.807) is 0 Å². The van der Waals surface area contributed by atoms with Gasteiger partial charge in [-0.3, -0.25) is 14.5 Å². The number of hydrogen-bond donors (Lipinski definition) is 2. The number of carbonyl (C=O) groups excluding carboxylic acids is 2. The summed E-state index contributed by atoms with van der Waals surface area (Å²) in [5.41, 5.74) is 4.59. The van der Waals surface area contributed by atoms with Gasteiger partial charge in [0, 0.05) is 25.3 Å². The topological polar surface area (TPSA) is 87.9 Å². The smallest absolute Gasteiger partial charge is 0.370 e. The maximum atomic E-state index is 13.8. The fourth-order valence-corrected chi connectivity index (χ4v) is 3.96. The van der Waals surface area contributed by atoms with E-state index in [0.717, 1.165) is 25.3 Å². The Morgan fingerprint density at radius 1 is 1.39 bits per heavy atom. The van der Waals surface area contributed by atoms with Gasteiger partial charge in [0.05, 0.1) is 17.9 Å². The molecule has 31 heavy (non-hydrogen) atoms. The Labute approximate surface area is 179 Å². The summed E-state index contributed by atoms with van der Waals surface area (Å²) in [4.78, 5) is 28.0. The number of rotatable bonds is 8. The first-order valence-electron chi connectivity index (χ1n) is 10.6. The van der Waals surface area contributed by atoms with E-state index in [4.69, 9.17) is 10.5 Å². The molecule has 172 valence electrons. The number of morpholine rings is 1. The first-order valence-corrected chi connectivity index (χ1v) is 10.6. The van der Waals surface area contributed by atoms with Gasteiger partial charge in [-0.05, 0) is 43.5 Å². The molecular weight excluding hydrogens is 413 g/mol. The number of halogens is 3. The molecule has 1 aromatic carbocycles. The zero-order valence-corrected chi connectivity index (χ0v) is 17.6. The van der Waals surface area contributed by atoms with Crippen molar-refractivity contribution in [3.8, 4) is 0 Å². The van der Waals surface area contributed by atoms with Crippen LogP contribution in [-0.4, -0.2) is 62.1 Å². The minimum absolute atomic E-state index is 0.00804. The summed E-state index contributed by atoms with van der Waals surface area (Å²) in [6.07, 6.45) is -1.36. The van der Waals surface area contributed by atoms with E-state index in [1.807, 2.05) is 11.8 Å². The third-order valence-electron chi connectivity index (χ3n) is 5.95. The maximum absolute atomic E-state index is 13.8. The minimum Gasteiger partial charge on any atom is -0.370 e. The predicted octanol–water partition coefficient (Wildman–Crippen LogP) is 2.46. The number of likely N-dealkylation sites (N-methyl/N-ethyl adjacent to an activating group) is 1. The van der Waals surface area contributed by atoms with Crippen LogP contribution in [0.25, 0.3) is 0 Å². The molecule has 0 aromatic heterocycles. The summed E-state index contributed by atoms with van der Waals surface area (Å²) in [6, 6.07) is 2.76. The number of alkyl halides is 3. The van der Waals surface area contributed by atoms with Crippen LogP contribution in [0.1, 0.15) is 31.7 Å². The third kappa shape index (κ3) is 5.55. The fraction of sp³-hybridized carbons (Fsp3) is 0.619. The Morgan fingerprint density at radius 2 is 2.13 bits per heavy atom. The van der Waals surface area contributed by atoms with E-state index in [0.29, 0.717) is 19.0 Å². The molecule has 7 nitrogen and oxygen atoms in total. The average Bonchev–Trinajstić information content (AvgIpc) is 2.69. The molecule has 1 saturated heterocycles. The van der Waals surface area contributed by atoms with Crippen molar-refractivity contribution >= 4 is 23.2 Å². The molecule has 1 aromatic rings. The largest absolute Gasteiger partial charge is 0.418 e. The highest BCUT2D eigenvalue weighted by molar-refractivity contribution is 5.98. The Balaban J connectivity index is 1.81. The van der Waals surface area contributed by atoms with Crippen molar-refractivity contribution in [3.05, 3.63) is 23.8 Å². The van der Waals surface area contributed by atoms with Crippen molar-refractivity contribution in [1.82, 2.24) is 4.90 Å². The number of amides is 2. The van der Waals surface area contributed by atoms with Crippen molar-refractivity contribution in [3.63, 3.8) is 0 Å². The number of nitrogens with one attached hydrogen (secondary N) is 1. The van der Waals surface area contributed by atoms with E-state index < -0.39 is 29.6 Å². The molecule has 0 radical (unpaired) electrons. The third-order valence-corrected chi connectivity index (χ3v) is 5.95. The standard InChI is InChI=1S/C21H29F3N4O3/c1-2-27(12-14-4-3-5-14)18(11-25)20(30)26-17-7-6-15(10-16(17)21(22,23)24)28-8-9-31-13-19(28)29/h6-7,10,14,18H,2-5,8-9,11-13,25H2,1H3,(H,26,30)/t18-/m1/s1. The zero-order valence-electron chi connectivity index (χ0n) is 17.6. The van der Waals surface area contributed by atoms with Gasteiger partial charge in [-0.25, -0.2) is 0 Å². The monoisotopic (exact) mass is 442 g/mol. The van der Waals surface area contributed by atoms with Crippen LogP contribution in [0, 0.1) is 5.92 Å². The van der Waals surface area contributed by atoms with Crippen LogP contribution < -0.4 is 16.0 Å². The Hall–Kier alpha value is -2.17. The fourth-order valence-electron chi connectivity index (χ4n) is 3.96. The molecule has 1 heterocycles. The van der Waals surface area contributed by atoms with E-state index in [2.05, 4.69) is 5.32 Å². The Kier molecular flexibility index (Phi) is 7.55. The van der Waals surface area contributed by atoms with Crippen LogP contribution in [0.15, 0.2) is 18.2 Å². The molecule has 0 unspecified atom stereocenters. The van der Waals surface area contributed by atoms with Gasteiger partial charge in [0.15, 0.2) is 0 Å². The summed E-state index contributed by atoms with van der Waals surface area (Å²) in [7, 11) is 0. The van der Waals surface area contributed by atoms with Crippen LogP contribution in [0.3, 0.4) is 0 Å². The summed E-state index contributed by atoms with van der Waals surface area (Å²) < 4.78 is 46.3. The second kappa shape index (κ2) is 9.97. The summed E-state index contributed by atoms with van der Waals surface area (Å²) in [5.74, 6) is -0.476. The first-order chi connectivity index (χ1) is 14.7. The molecule has 10 heteroatoms. The van der Waals surface area contributed by atoms with Crippen molar-refractivity contribution in [1.29, 1.82) is 0 Å². The van der Waals surface area contributed by atoms with E-state index in [9.17, 15) is 22.8 Å². The highest BCUT2D eigenvalue weighted by Gasteiger charge is 2.36. The highest BCUT2D eigenvalue weighted by atomic mass is 19.4. The molecule has 0 bridgehead atoms. The molecule has 1 aliphatic heterocycles. The molecule has 3 rings (SSSR count). The Bertz CT molecular complexity index is 799. The summed E-state index contributed by atoms with van der Waals surface area (Å²) in [6.45, 7) is 3.44. The van der Waals surface area contributed by atoms with Crippen molar-refractivity contribution in [2.24, 2.45) is 11.7 Å². The molecule has 0 spiro atoms. The number of carbonyl (C=O) groups is 2. The van der Waals surface area contributed by atoms with E-state index >= 15 is 0 Å². The van der Waals surface area contributed by atoms with Gasteiger partial charge >= 0.3 is 6.18 Å². The molecule has 2 amide bonds. The molecule has 2 aliphatic rings. The van der Waals surface area contributed by atoms with Gasteiger partial charge in [0.25, 0.3) is 5.91 Å². The molecule has 2 fully saturated rings. The SMILES string of the molecule is CCN(CC1CCC1)[C@H](CN)C(=O)Nc1ccc(N2CCOCC2=O)cc1C(F)(F)F. The van der Waals surface area contributed by atoms with Crippen LogP contribution in [0.2, 0.25) is 0 Å². The lowest BCUT2D eigenvalue weighted by atomic mass is 9.85. The lowest BCUT2D eigenvalue weighted by Crippen LogP contribution is -2.50. The van der Waals surface area contributed by atoms with E-state index in [-0.39, 0.29) is 37.7 Å². The number of ether oxygens (including phenoxy) is 1. The lowest BCUT2D eigenvalue weighted by molar-refractivity contribution is -0.137. The first kappa shape index (κ1) is 23.5. The van der Waals surface area contributed by atoms with Crippen molar-refractivity contribution in [2.45, 2.75) is 38.4 Å². The highest BCUT2D eigenvalue weighted by Crippen LogP contribution is 2.38. The predicted molar refractivity (Wildman–Crippen MR) is 111 cm³/mol. The number of nitrogens with two attached hydrogens (primary N) is 1. The maximum Gasteiger partial charge on any atom is 0.418 e. The van der Waals surface area contributed by atoms with Crippen LogP contribution >= 0.6 is 0 Å². The van der Waals surface area contributed by atoms with Gasteiger partial charge < -0.3 is 20.7 Å². The number of hydrogen-bond acceptors (Lipinski definition) is 5. The molecule has 1 saturated carbocycles. The zero-order chi connectivity index (χ0) is 22.6. The lowest BCUT2D eigenvalue weighted by Gasteiger charge is -2.35. The number of anilines is 2. The van der Waals surface area contributed by atoms with Gasteiger partial charge in [-0.15, -0.1) is 0 Å². The van der Waals surface area contributed by atoms with Crippen LogP contribution in [0.4, 0.5) is 24.5 Å². The molecule has 1 aliphatic carbocycles. The van der Waals surface area contributed by atoms with Crippen molar-refractivity contribution in [2.75, 3.05) is 49.6 Å². The number of benzene rings is 1. The summed E-state index contributed by atoms with van der Waals surface area (Å²) in [5, 5.41) is 2.42. The molecular formula is C21H29F3N4O3. The average molecular weight is 442 g/mol. The Morgan fingerprint density at radius 3 is 2.68 bits per heavy atom. The van der Waals surface area contributed by atoms with Gasteiger partial charge in [0.1, 0.15) is 12.6 Å². The van der Waals surface area contributed by atoms with Crippen molar-refractivity contribution < 1.29 is 27.5 Å². The van der Waals surface area contributed by atoms with Gasteiger partial charge in [-0.1, -0.05) is 13.3 Å². The van der Waals surface area contributed by atoms with Gasteiger partial charge in [0.2, 0.25) is 5.91 Å². The second-order valence-corrected chi connectivity index (χ2v) is 7.95. The second-order valence-electron chi connectivity index (χ2n) is 7.95. The normalized spacial score (nSPS) is 18.8. The van der Waals surface area contributed by atoms with Gasteiger partial charge in [-0.2, -0.15) is 13.2 Å². The van der Waals surface area contributed by atoms with Crippen LogP contribution in [0.5, 0.6) is 0 Å². The van der Waals surface area contributed by atoms with Crippen LogP contribution in [-0.2, 0) is 20.5 Å². The molecule has 3 N–H and O–H groups in total. The molecule has 1 atom stereocenters. The quantitative estimate of drug-likeness (QED) is 0.646. The minimum atomic E-state index is -4.71. The summed E-state index contributed by atoms with van der Waals surface area (Å²) >= 11 is 0. The van der Waals surface area contributed by atoms with E-state index in [1.165, 1.54) is 17.0 Å².